The highest BCUT2D eigenvalue weighted by Crippen LogP contribution is 2.15. The van der Waals surface area contributed by atoms with Gasteiger partial charge in [0, 0.05) is 20.1 Å². The highest BCUT2D eigenvalue weighted by atomic mass is 32.1. The van der Waals surface area contributed by atoms with Crippen molar-refractivity contribution < 1.29 is 4.79 Å². The van der Waals surface area contributed by atoms with Gasteiger partial charge in [-0.1, -0.05) is 0 Å². The molecule has 0 radical (unpaired) electrons. The summed E-state index contributed by atoms with van der Waals surface area (Å²) in [5, 5.41) is 11.8. The van der Waals surface area contributed by atoms with Gasteiger partial charge in [-0.25, -0.2) is 9.67 Å². The van der Waals surface area contributed by atoms with Crippen LogP contribution in [0.2, 0.25) is 0 Å². The molecule has 0 saturated carbocycles. The number of piperidine rings is 1. The number of amides is 1. The summed E-state index contributed by atoms with van der Waals surface area (Å²) in [6, 6.07) is 2.32. The average Bonchev–Trinajstić information content (AvgIpc) is 3.18. The first-order valence-electron chi connectivity index (χ1n) is 7.12. The van der Waals surface area contributed by atoms with Crippen LogP contribution < -0.4 is 5.32 Å². The van der Waals surface area contributed by atoms with E-state index in [4.69, 9.17) is 0 Å². The van der Waals surface area contributed by atoms with Crippen LogP contribution in [0.25, 0.3) is 0 Å². The topological polar surface area (TPSA) is 63.1 Å². The standard InChI is InChI=1S/C14H19N5OS/c1-18(8-11-4-6-21-9-11)14(20)13-16-10-19(17-13)12-3-2-5-15-7-12/h4,6,9-10,12,15H,2-3,5,7-8H2,1H3/t12-/m1/s1. The van der Waals surface area contributed by atoms with Crippen molar-refractivity contribution >= 4 is 17.2 Å². The van der Waals surface area contributed by atoms with Gasteiger partial charge in [-0.2, -0.15) is 11.3 Å². The zero-order chi connectivity index (χ0) is 14.7. The predicted octanol–water partition coefficient (Wildman–Crippen LogP) is 1.54. The van der Waals surface area contributed by atoms with Crippen LogP contribution in [-0.2, 0) is 6.54 Å². The summed E-state index contributed by atoms with van der Waals surface area (Å²) in [6.07, 6.45) is 3.88. The molecule has 2 aromatic rings. The second kappa shape index (κ2) is 6.36. The second-order valence-electron chi connectivity index (χ2n) is 5.34. The minimum absolute atomic E-state index is 0.135. The Bertz CT molecular complexity index is 588. The summed E-state index contributed by atoms with van der Waals surface area (Å²) in [6.45, 7) is 2.53. The molecular formula is C14H19N5OS. The van der Waals surface area contributed by atoms with Crippen LogP contribution in [0, 0.1) is 0 Å². The van der Waals surface area contributed by atoms with Gasteiger partial charge in [0.1, 0.15) is 6.33 Å². The van der Waals surface area contributed by atoms with E-state index >= 15 is 0 Å². The molecule has 1 N–H and O–H groups in total. The molecule has 2 aromatic heterocycles. The predicted molar refractivity (Wildman–Crippen MR) is 81.3 cm³/mol. The van der Waals surface area contributed by atoms with Crippen LogP contribution >= 0.6 is 11.3 Å². The molecule has 6 nitrogen and oxygen atoms in total. The van der Waals surface area contributed by atoms with E-state index in [-0.39, 0.29) is 11.7 Å². The van der Waals surface area contributed by atoms with Crippen molar-refractivity contribution in [3.63, 3.8) is 0 Å². The summed E-state index contributed by atoms with van der Waals surface area (Å²) < 4.78 is 1.82. The summed E-state index contributed by atoms with van der Waals surface area (Å²) in [4.78, 5) is 18.2. The molecule has 3 rings (SSSR count). The van der Waals surface area contributed by atoms with E-state index in [1.54, 1.807) is 29.6 Å². The summed E-state index contributed by atoms with van der Waals surface area (Å²) in [7, 11) is 1.78. The lowest BCUT2D eigenvalue weighted by Crippen LogP contribution is -2.32. The molecule has 0 aromatic carbocycles. The van der Waals surface area contributed by atoms with E-state index in [1.807, 2.05) is 21.5 Å². The van der Waals surface area contributed by atoms with E-state index < -0.39 is 0 Å². The largest absolute Gasteiger partial charge is 0.335 e. The Labute approximate surface area is 127 Å². The highest BCUT2D eigenvalue weighted by Gasteiger charge is 2.20. The minimum atomic E-state index is -0.135. The number of hydrogen-bond donors (Lipinski definition) is 1. The van der Waals surface area contributed by atoms with Gasteiger partial charge < -0.3 is 10.2 Å². The number of nitrogens with one attached hydrogen (secondary N) is 1. The maximum atomic E-state index is 12.3. The molecule has 1 amide bonds. The van der Waals surface area contributed by atoms with Gasteiger partial charge in [0.25, 0.3) is 5.91 Å². The molecule has 112 valence electrons. The lowest BCUT2D eigenvalue weighted by atomic mass is 10.1. The molecule has 1 aliphatic rings. The van der Waals surface area contributed by atoms with Crippen molar-refractivity contribution in [2.24, 2.45) is 0 Å². The number of thiophene rings is 1. The van der Waals surface area contributed by atoms with Crippen molar-refractivity contribution in [2.45, 2.75) is 25.4 Å². The maximum absolute atomic E-state index is 12.3. The molecule has 0 spiro atoms. The summed E-state index contributed by atoms with van der Waals surface area (Å²) in [5.74, 6) is 0.141. The molecular weight excluding hydrogens is 286 g/mol. The van der Waals surface area contributed by atoms with Gasteiger partial charge in [0.2, 0.25) is 5.82 Å². The molecule has 1 saturated heterocycles. The molecule has 7 heteroatoms. The monoisotopic (exact) mass is 305 g/mol. The highest BCUT2D eigenvalue weighted by molar-refractivity contribution is 7.07. The van der Waals surface area contributed by atoms with E-state index in [0.29, 0.717) is 12.6 Å². The van der Waals surface area contributed by atoms with E-state index in [2.05, 4.69) is 15.4 Å². The van der Waals surface area contributed by atoms with Crippen LogP contribution in [0.4, 0.5) is 0 Å². The van der Waals surface area contributed by atoms with Crippen molar-refractivity contribution in [1.29, 1.82) is 0 Å². The lowest BCUT2D eigenvalue weighted by Gasteiger charge is -2.22. The van der Waals surface area contributed by atoms with Gasteiger partial charge in [-0.15, -0.1) is 5.10 Å². The van der Waals surface area contributed by atoms with Crippen LogP contribution in [0.15, 0.2) is 23.2 Å². The zero-order valence-electron chi connectivity index (χ0n) is 12.0. The first-order chi connectivity index (χ1) is 10.2. The third-order valence-electron chi connectivity index (χ3n) is 3.69. The molecule has 3 heterocycles. The number of hydrogen-bond acceptors (Lipinski definition) is 5. The zero-order valence-corrected chi connectivity index (χ0v) is 12.8. The quantitative estimate of drug-likeness (QED) is 0.930. The van der Waals surface area contributed by atoms with Crippen molar-refractivity contribution in [1.82, 2.24) is 25.0 Å². The van der Waals surface area contributed by atoms with E-state index in [9.17, 15) is 4.79 Å². The Morgan fingerprint density at radius 1 is 1.62 bits per heavy atom. The molecule has 1 fully saturated rings. The maximum Gasteiger partial charge on any atom is 0.293 e. The molecule has 1 aliphatic heterocycles. The average molecular weight is 305 g/mol. The van der Waals surface area contributed by atoms with Gasteiger partial charge in [0.15, 0.2) is 0 Å². The lowest BCUT2D eigenvalue weighted by molar-refractivity contribution is 0.0772. The Morgan fingerprint density at radius 2 is 2.52 bits per heavy atom. The number of aromatic nitrogens is 3. The van der Waals surface area contributed by atoms with Crippen molar-refractivity contribution in [2.75, 3.05) is 20.1 Å². The van der Waals surface area contributed by atoms with Gasteiger partial charge >= 0.3 is 0 Å². The van der Waals surface area contributed by atoms with Crippen LogP contribution in [0.3, 0.4) is 0 Å². The van der Waals surface area contributed by atoms with Gasteiger partial charge in [-0.3, -0.25) is 4.79 Å². The van der Waals surface area contributed by atoms with E-state index in [1.165, 1.54) is 0 Å². The van der Waals surface area contributed by atoms with Crippen LogP contribution in [0.1, 0.15) is 35.1 Å². The molecule has 21 heavy (non-hydrogen) atoms. The second-order valence-corrected chi connectivity index (χ2v) is 6.12. The molecule has 0 bridgehead atoms. The number of rotatable bonds is 4. The summed E-state index contributed by atoms with van der Waals surface area (Å²) in [5.41, 5.74) is 1.13. The van der Waals surface area contributed by atoms with Gasteiger partial charge in [-0.05, 0) is 41.8 Å². The molecule has 0 unspecified atom stereocenters. The van der Waals surface area contributed by atoms with Crippen molar-refractivity contribution in [3.05, 3.63) is 34.5 Å². The first kappa shape index (κ1) is 14.2. The third-order valence-corrected chi connectivity index (χ3v) is 4.42. The van der Waals surface area contributed by atoms with E-state index in [0.717, 1.165) is 31.5 Å². The smallest absolute Gasteiger partial charge is 0.293 e. The number of carbonyl (C=O) groups excluding carboxylic acids is 1. The SMILES string of the molecule is CN(Cc1ccsc1)C(=O)c1ncn([C@@H]2CCCNC2)n1. The fraction of sp³-hybridized carbons (Fsp3) is 0.500. The third kappa shape index (κ3) is 3.30. The van der Waals surface area contributed by atoms with Crippen LogP contribution in [-0.4, -0.2) is 45.7 Å². The number of nitrogens with zero attached hydrogens (tertiary/aromatic N) is 4. The minimum Gasteiger partial charge on any atom is -0.335 e. The Hall–Kier alpha value is -1.73. The fourth-order valence-electron chi connectivity index (χ4n) is 2.51. The molecule has 1 atom stereocenters. The fourth-order valence-corrected chi connectivity index (χ4v) is 3.17. The Morgan fingerprint density at radius 3 is 3.24 bits per heavy atom. The first-order valence-corrected chi connectivity index (χ1v) is 8.07. The van der Waals surface area contributed by atoms with Crippen molar-refractivity contribution in [3.8, 4) is 0 Å². The Kier molecular flexibility index (Phi) is 4.31. The van der Waals surface area contributed by atoms with Crippen LogP contribution in [0.5, 0.6) is 0 Å². The van der Waals surface area contributed by atoms with Gasteiger partial charge in [0.05, 0.1) is 6.04 Å². The Balaban J connectivity index is 1.65. The summed E-state index contributed by atoms with van der Waals surface area (Å²) >= 11 is 1.63. The number of carbonyl (C=O) groups is 1. The normalized spacial score (nSPS) is 18.6. The molecule has 0 aliphatic carbocycles.